The molecule has 0 fully saturated rings. The van der Waals surface area contributed by atoms with Gasteiger partial charge >= 0.3 is 0 Å². The Kier molecular flexibility index (Phi) is 6.38. The summed E-state index contributed by atoms with van der Waals surface area (Å²) in [6.45, 7) is 1.89. The lowest BCUT2D eigenvalue weighted by Gasteiger charge is -2.10. The molecule has 1 amide bonds. The maximum absolute atomic E-state index is 11.7. The number of halogens is 1. The van der Waals surface area contributed by atoms with Crippen LogP contribution in [0.25, 0.3) is 0 Å². The number of nitrogens with zero attached hydrogens (tertiary/aromatic N) is 2. The van der Waals surface area contributed by atoms with Crippen molar-refractivity contribution in [2.75, 3.05) is 27.2 Å². The van der Waals surface area contributed by atoms with Gasteiger partial charge in [0.25, 0.3) is 5.91 Å². The normalized spacial score (nSPS) is 10.6. The number of amides is 1. The zero-order valence-electron chi connectivity index (χ0n) is 9.94. The number of pyridine rings is 1. The largest absolute Gasteiger partial charge is 0.349 e. The van der Waals surface area contributed by atoms with Gasteiger partial charge < -0.3 is 13.3 Å². The first-order valence-electron chi connectivity index (χ1n) is 5.25. The fourth-order valence-electron chi connectivity index (χ4n) is 1.23. The quantitative estimate of drug-likeness (QED) is 0.786. The van der Waals surface area contributed by atoms with Crippen LogP contribution in [-0.2, 0) is 9.67 Å². The van der Waals surface area contributed by atoms with Crippen LogP contribution in [0.3, 0.4) is 0 Å². The molecule has 94 valence electrons. The van der Waals surface area contributed by atoms with Crippen LogP contribution < -0.4 is 5.32 Å². The average Bonchev–Trinajstić information content (AvgIpc) is 2.29. The van der Waals surface area contributed by atoms with E-state index in [1.54, 1.807) is 12.3 Å². The molecule has 0 saturated heterocycles. The van der Waals surface area contributed by atoms with Gasteiger partial charge in [-0.25, -0.2) is 0 Å². The highest BCUT2D eigenvalue weighted by Crippen LogP contribution is 2.05. The minimum absolute atomic E-state index is 0.151. The molecular formula is C11H16IN3O2. The Morgan fingerprint density at radius 2 is 2.35 bits per heavy atom. The van der Waals surface area contributed by atoms with Crippen molar-refractivity contribution in [3.63, 3.8) is 0 Å². The van der Waals surface area contributed by atoms with E-state index in [4.69, 9.17) is 3.07 Å². The van der Waals surface area contributed by atoms with Crippen molar-refractivity contribution in [2.45, 2.75) is 6.61 Å². The van der Waals surface area contributed by atoms with Gasteiger partial charge in [-0.05, 0) is 31.8 Å². The van der Waals surface area contributed by atoms with Crippen LogP contribution >= 0.6 is 23.0 Å². The zero-order chi connectivity index (χ0) is 12.7. The summed E-state index contributed by atoms with van der Waals surface area (Å²) in [5.74, 6) is -0.151. The van der Waals surface area contributed by atoms with Crippen LogP contribution in [0.1, 0.15) is 16.1 Å². The van der Waals surface area contributed by atoms with Crippen molar-refractivity contribution in [2.24, 2.45) is 0 Å². The van der Waals surface area contributed by atoms with Gasteiger partial charge in [0.1, 0.15) is 28.7 Å². The Morgan fingerprint density at radius 1 is 1.59 bits per heavy atom. The molecule has 0 aromatic carbocycles. The molecule has 0 bridgehead atoms. The summed E-state index contributed by atoms with van der Waals surface area (Å²) >= 11 is 1.82. The summed E-state index contributed by atoms with van der Waals surface area (Å²) in [6, 6.07) is 3.57. The van der Waals surface area contributed by atoms with Gasteiger partial charge in [-0.3, -0.25) is 9.78 Å². The Bertz CT molecular complexity index is 371. The van der Waals surface area contributed by atoms with Crippen molar-refractivity contribution in [3.05, 3.63) is 29.6 Å². The number of likely N-dealkylation sites (N-methyl/N-ethyl adjacent to an activating group) is 1. The molecule has 1 N–H and O–H groups in total. The molecule has 1 aromatic rings. The topological polar surface area (TPSA) is 54.5 Å². The highest BCUT2D eigenvalue weighted by molar-refractivity contribution is 14.1. The molecule has 0 aliphatic carbocycles. The van der Waals surface area contributed by atoms with Crippen molar-refractivity contribution in [1.29, 1.82) is 0 Å². The molecule has 1 rings (SSSR count). The summed E-state index contributed by atoms with van der Waals surface area (Å²) in [7, 11) is 3.92. The minimum atomic E-state index is -0.151. The van der Waals surface area contributed by atoms with Crippen LogP contribution in [0.4, 0.5) is 0 Å². The standard InChI is InChI=1S/C11H16IN3O2/c1-15(2)6-5-14-11(16)10-7-9(8-17-12)3-4-13-10/h3-4,7H,5-6,8H2,1-2H3,(H,14,16). The lowest BCUT2D eigenvalue weighted by Crippen LogP contribution is -2.31. The smallest absolute Gasteiger partial charge is 0.269 e. The van der Waals surface area contributed by atoms with E-state index >= 15 is 0 Å². The van der Waals surface area contributed by atoms with Crippen LogP contribution in [-0.4, -0.2) is 43.0 Å². The molecule has 0 aliphatic rings. The van der Waals surface area contributed by atoms with Crippen LogP contribution in [0.15, 0.2) is 18.3 Å². The third-order valence-electron chi connectivity index (χ3n) is 2.12. The summed E-state index contributed by atoms with van der Waals surface area (Å²) in [5, 5.41) is 2.81. The summed E-state index contributed by atoms with van der Waals surface area (Å²) in [6.07, 6.45) is 1.62. The molecule has 1 aromatic heterocycles. The molecule has 0 aliphatic heterocycles. The molecule has 0 atom stereocenters. The number of carbonyl (C=O) groups is 1. The van der Waals surface area contributed by atoms with Crippen LogP contribution in [0, 0.1) is 0 Å². The van der Waals surface area contributed by atoms with E-state index in [1.165, 1.54) is 0 Å². The number of hydrogen-bond acceptors (Lipinski definition) is 4. The van der Waals surface area contributed by atoms with Gasteiger partial charge in [0.2, 0.25) is 0 Å². The van der Waals surface area contributed by atoms with E-state index in [0.717, 1.165) is 12.1 Å². The first-order chi connectivity index (χ1) is 8.13. The Balaban J connectivity index is 2.53. The second-order valence-corrected chi connectivity index (χ2v) is 4.48. The molecule has 0 unspecified atom stereocenters. The summed E-state index contributed by atoms with van der Waals surface area (Å²) in [5.41, 5.74) is 1.36. The first kappa shape index (κ1) is 14.3. The molecule has 5 nitrogen and oxygen atoms in total. The third-order valence-corrected chi connectivity index (χ3v) is 2.43. The van der Waals surface area contributed by atoms with E-state index in [2.05, 4.69) is 10.3 Å². The molecule has 0 saturated carbocycles. The molecule has 6 heteroatoms. The maximum atomic E-state index is 11.7. The lowest BCUT2D eigenvalue weighted by molar-refractivity contribution is 0.0946. The van der Waals surface area contributed by atoms with Gasteiger partial charge in [0.15, 0.2) is 0 Å². The number of nitrogens with one attached hydrogen (secondary N) is 1. The van der Waals surface area contributed by atoms with E-state index in [1.807, 2.05) is 48.1 Å². The molecular weight excluding hydrogens is 333 g/mol. The fourth-order valence-corrected chi connectivity index (χ4v) is 1.59. The second kappa shape index (κ2) is 7.57. The number of hydrogen-bond donors (Lipinski definition) is 1. The van der Waals surface area contributed by atoms with Crippen molar-refractivity contribution < 1.29 is 7.86 Å². The van der Waals surface area contributed by atoms with Crippen molar-refractivity contribution in [1.82, 2.24) is 15.2 Å². The van der Waals surface area contributed by atoms with E-state index < -0.39 is 0 Å². The predicted molar refractivity (Wildman–Crippen MR) is 73.9 cm³/mol. The predicted octanol–water partition coefficient (Wildman–Crippen LogP) is 1.24. The molecule has 0 radical (unpaired) electrons. The van der Waals surface area contributed by atoms with Crippen LogP contribution in [0.5, 0.6) is 0 Å². The van der Waals surface area contributed by atoms with Crippen molar-refractivity contribution >= 4 is 28.9 Å². The van der Waals surface area contributed by atoms with Gasteiger partial charge in [-0.2, -0.15) is 0 Å². The lowest BCUT2D eigenvalue weighted by atomic mass is 10.2. The molecule has 1 heterocycles. The van der Waals surface area contributed by atoms with Crippen LogP contribution in [0.2, 0.25) is 0 Å². The Labute approximate surface area is 115 Å². The van der Waals surface area contributed by atoms with Gasteiger partial charge in [-0.1, -0.05) is 0 Å². The minimum Gasteiger partial charge on any atom is -0.349 e. The molecule has 17 heavy (non-hydrogen) atoms. The summed E-state index contributed by atoms with van der Waals surface area (Å²) in [4.78, 5) is 17.8. The SMILES string of the molecule is CN(C)CCNC(=O)c1cc(COI)ccn1. The Morgan fingerprint density at radius 3 is 3.00 bits per heavy atom. The zero-order valence-corrected chi connectivity index (χ0v) is 12.1. The van der Waals surface area contributed by atoms with E-state index in [0.29, 0.717) is 18.8 Å². The van der Waals surface area contributed by atoms with Crippen molar-refractivity contribution in [3.8, 4) is 0 Å². The monoisotopic (exact) mass is 349 g/mol. The number of carbonyl (C=O) groups excluding carboxylic acids is 1. The fraction of sp³-hybridized carbons (Fsp3) is 0.455. The van der Waals surface area contributed by atoms with Gasteiger partial charge in [0.05, 0.1) is 6.61 Å². The van der Waals surface area contributed by atoms with Gasteiger partial charge in [-0.15, -0.1) is 0 Å². The maximum Gasteiger partial charge on any atom is 0.269 e. The average molecular weight is 349 g/mol. The highest BCUT2D eigenvalue weighted by Gasteiger charge is 2.07. The number of rotatable bonds is 6. The third kappa shape index (κ3) is 5.42. The first-order valence-corrected chi connectivity index (χ1v) is 6.13. The molecule has 0 spiro atoms. The second-order valence-electron chi connectivity index (χ2n) is 3.86. The highest BCUT2D eigenvalue weighted by atomic mass is 127. The number of aromatic nitrogens is 1. The van der Waals surface area contributed by atoms with E-state index in [-0.39, 0.29) is 5.91 Å². The summed E-state index contributed by atoms with van der Waals surface area (Å²) < 4.78 is 4.98. The Hall–Kier alpha value is -0.730. The van der Waals surface area contributed by atoms with E-state index in [9.17, 15) is 4.79 Å². The van der Waals surface area contributed by atoms with Gasteiger partial charge in [0, 0.05) is 19.3 Å².